The van der Waals surface area contributed by atoms with Crippen LogP contribution in [0.5, 0.6) is 11.5 Å². The summed E-state index contributed by atoms with van der Waals surface area (Å²) in [7, 11) is 1.58. The minimum absolute atomic E-state index is 0.0611. The minimum atomic E-state index is -4.63. The van der Waals surface area contributed by atoms with Crippen LogP contribution in [0.4, 0.5) is 32.0 Å². The van der Waals surface area contributed by atoms with Crippen molar-refractivity contribution in [3.8, 4) is 11.5 Å². The van der Waals surface area contributed by atoms with Gasteiger partial charge in [0.15, 0.2) is 5.75 Å². The van der Waals surface area contributed by atoms with Crippen molar-refractivity contribution in [2.24, 2.45) is 0 Å². The molecule has 2 aliphatic rings. The number of nitrogens with zero attached hydrogens (tertiary/aromatic N) is 2. The molecule has 2 heterocycles. The predicted molar refractivity (Wildman–Crippen MR) is 128 cm³/mol. The molecular formula is C26H29F6N3O3. The topological polar surface area (TPSA) is 54.0 Å². The zero-order valence-corrected chi connectivity index (χ0v) is 21.0. The SMILES string of the molecule is CNc1ccc2c(c1OC=O)C[C@@H](C)N(CC(F)(F)F)C2c1c(F)cc(OC2CN(CCCF)C2)cc1F. The van der Waals surface area contributed by atoms with Crippen LogP contribution in [0.25, 0.3) is 0 Å². The van der Waals surface area contributed by atoms with E-state index in [2.05, 4.69) is 5.32 Å². The highest BCUT2D eigenvalue weighted by Crippen LogP contribution is 2.46. The number of benzene rings is 2. The Labute approximate surface area is 216 Å². The number of hydrogen-bond acceptors (Lipinski definition) is 6. The number of fused-ring (bicyclic) bond motifs is 1. The van der Waals surface area contributed by atoms with Gasteiger partial charge in [-0.05, 0) is 31.4 Å². The van der Waals surface area contributed by atoms with Gasteiger partial charge in [-0.25, -0.2) is 8.78 Å². The Balaban J connectivity index is 1.72. The molecule has 0 bridgehead atoms. The molecule has 12 heteroatoms. The van der Waals surface area contributed by atoms with E-state index in [9.17, 15) is 22.4 Å². The third-order valence-electron chi connectivity index (χ3n) is 6.95. The first-order valence-electron chi connectivity index (χ1n) is 12.3. The number of halogens is 6. The number of hydrogen-bond donors (Lipinski definition) is 1. The largest absolute Gasteiger partial charge is 0.488 e. The summed E-state index contributed by atoms with van der Waals surface area (Å²) in [6.07, 6.45) is -4.52. The summed E-state index contributed by atoms with van der Waals surface area (Å²) < 4.78 is 95.1. The van der Waals surface area contributed by atoms with Gasteiger partial charge in [0, 0.05) is 56.0 Å². The van der Waals surface area contributed by atoms with Crippen molar-refractivity contribution in [1.82, 2.24) is 9.80 Å². The molecule has 0 saturated carbocycles. The molecule has 0 radical (unpaired) electrons. The molecule has 208 valence electrons. The Morgan fingerprint density at radius 3 is 2.42 bits per heavy atom. The van der Waals surface area contributed by atoms with Crippen molar-refractivity contribution in [3.05, 3.63) is 52.6 Å². The standard InChI is InChI=1S/C26H29F6N3O3/c1-15-8-19-18(4-5-22(33-2)25(19)37-14-36)24(35(15)13-26(30,31)32)23-20(28)9-16(10-21(23)29)38-17-11-34(12-17)7-3-6-27/h4-5,9-10,14-15,17,24,33H,3,6-8,11-13H2,1-2H3/t15-,24?/m1/s1. The summed E-state index contributed by atoms with van der Waals surface area (Å²) in [5, 5.41) is 2.86. The lowest BCUT2D eigenvalue weighted by Gasteiger charge is -2.43. The molecule has 0 aromatic heterocycles. The second-order valence-electron chi connectivity index (χ2n) is 9.56. The highest BCUT2D eigenvalue weighted by Gasteiger charge is 2.43. The van der Waals surface area contributed by atoms with Crippen molar-refractivity contribution in [1.29, 1.82) is 0 Å². The van der Waals surface area contributed by atoms with Crippen molar-refractivity contribution in [3.63, 3.8) is 0 Å². The molecule has 2 aromatic rings. The van der Waals surface area contributed by atoms with Crippen molar-refractivity contribution in [2.75, 3.05) is 45.2 Å². The number of anilines is 1. The lowest BCUT2D eigenvalue weighted by molar-refractivity contribution is -0.155. The Morgan fingerprint density at radius 1 is 1.16 bits per heavy atom. The molecule has 4 rings (SSSR count). The van der Waals surface area contributed by atoms with Gasteiger partial charge in [-0.15, -0.1) is 0 Å². The van der Waals surface area contributed by atoms with Gasteiger partial charge in [0.1, 0.15) is 23.5 Å². The lowest BCUT2D eigenvalue weighted by atomic mass is 9.83. The summed E-state index contributed by atoms with van der Waals surface area (Å²) in [6, 6.07) is 2.68. The van der Waals surface area contributed by atoms with Crippen LogP contribution in [0.15, 0.2) is 24.3 Å². The Kier molecular flexibility index (Phi) is 8.41. The first kappa shape index (κ1) is 28.0. The van der Waals surface area contributed by atoms with Crippen LogP contribution in [0.3, 0.4) is 0 Å². The van der Waals surface area contributed by atoms with Gasteiger partial charge >= 0.3 is 6.18 Å². The van der Waals surface area contributed by atoms with Crippen LogP contribution in [-0.2, 0) is 11.2 Å². The molecule has 1 N–H and O–H groups in total. The number of nitrogens with one attached hydrogen (secondary N) is 1. The van der Waals surface area contributed by atoms with Crippen LogP contribution in [0, 0.1) is 11.6 Å². The molecule has 2 aromatic carbocycles. The fourth-order valence-electron chi connectivity index (χ4n) is 5.26. The molecular weight excluding hydrogens is 516 g/mol. The van der Waals surface area contributed by atoms with Gasteiger partial charge in [0.2, 0.25) is 0 Å². The number of ether oxygens (including phenoxy) is 2. The van der Waals surface area contributed by atoms with Gasteiger partial charge in [-0.3, -0.25) is 19.0 Å². The highest BCUT2D eigenvalue weighted by molar-refractivity contribution is 5.67. The summed E-state index contributed by atoms with van der Waals surface area (Å²) in [5.74, 6) is -2.09. The maximum Gasteiger partial charge on any atom is 0.401 e. The normalized spacial score (nSPS) is 20.5. The van der Waals surface area contributed by atoms with Crippen LogP contribution < -0.4 is 14.8 Å². The van der Waals surface area contributed by atoms with Gasteiger partial charge < -0.3 is 14.8 Å². The van der Waals surface area contributed by atoms with Gasteiger partial charge in [0.05, 0.1) is 24.9 Å². The first-order chi connectivity index (χ1) is 18.1. The van der Waals surface area contributed by atoms with E-state index >= 15 is 8.78 Å². The third-order valence-corrected chi connectivity index (χ3v) is 6.95. The van der Waals surface area contributed by atoms with Crippen molar-refractivity contribution < 1.29 is 40.6 Å². The number of carbonyl (C=O) groups excluding carboxylic acids is 1. The lowest BCUT2D eigenvalue weighted by Crippen LogP contribution is -2.53. The molecule has 0 spiro atoms. The quantitative estimate of drug-likeness (QED) is 0.340. The summed E-state index contributed by atoms with van der Waals surface area (Å²) in [4.78, 5) is 14.1. The van der Waals surface area contributed by atoms with Crippen molar-refractivity contribution in [2.45, 2.75) is 44.1 Å². The highest BCUT2D eigenvalue weighted by atomic mass is 19.4. The third kappa shape index (κ3) is 5.85. The minimum Gasteiger partial charge on any atom is -0.488 e. The van der Waals surface area contributed by atoms with E-state index in [4.69, 9.17) is 9.47 Å². The molecule has 38 heavy (non-hydrogen) atoms. The van der Waals surface area contributed by atoms with Gasteiger partial charge in [-0.1, -0.05) is 6.07 Å². The first-order valence-corrected chi connectivity index (χ1v) is 12.3. The molecule has 2 atom stereocenters. The second-order valence-corrected chi connectivity index (χ2v) is 9.56. The molecule has 6 nitrogen and oxygen atoms in total. The number of likely N-dealkylation sites (tertiary alicyclic amines) is 1. The molecule has 1 fully saturated rings. The second kappa shape index (κ2) is 11.4. The van der Waals surface area contributed by atoms with E-state index in [-0.39, 0.29) is 36.1 Å². The maximum atomic E-state index is 15.6. The summed E-state index contributed by atoms with van der Waals surface area (Å²) in [6.45, 7) is 1.40. The monoisotopic (exact) mass is 545 g/mol. The Bertz CT molecular complexity index is 1130. The van der Waals surface area contributed by atoms with E-state index in [1.165, 1.54) is 19.1 Å². The smallest absolute Gasteiger partial charge is 0.401 e. The van der Waals surface area contributed by atoms with Crippen LogP contribution in [-0.4, -0.2) is 74.5 Å². The molecule has 1 saturated heterocycles. The molecule has 1 unspecified atom stereocenters. The van der Waals surface area contributed by atoms with E-state index < -0.39 is 48.7 Å². The summed E-state index contributed by atoms with van der Waals surface area (Å²) >= 11 is 0. The molecule has 2 aliphatic heterocycles. The predicted octanol–water partition coefficient (Wildman–Crippen LogP) is 4.86. The molecule has 0 aliphatic carbocycles. The zero-order valence-electron chi connectivity index (χ0n) is 21.0. The van der Waals surface area contributed by atoms with Gasteiger partial charge in [0.25, 0.3) is 6.47 Å². The average molecular weight is 546 g/mol. The summed E-state index contributed by atoms with van der Waals surface area (Å²) in [5.41, 5.74) is 0.456. The Morgan fingerprint density at radius 2 is 1.84 bits per heavy atom. The zero-order chi connectivity index (χ0) is 27.6. The van der Waals surface area contributed by atoms with Crippen molar-refractivity contribution >= 4 is 12.2 Å². The van der Waals surface area contributed by atoms with Crippen LogP contribution >= 0.6 is 0 Å². The number of carbonyl (C=O) groups is 1. The van der Waals surface area contributed by atoms with Crippen LogP contribution in [0.2, 0.25) is 0 Å². The fourth-order valence-corrected chi connectivity index (χ4v) is 5.26. The number of alkyl halides is 4. The average Bonchev–Trinajstić information content (AvgIpc) is 2.81. The van der Waals surface area contributed by atoms with Gasteiger partial charge in [-0.2, -0.15) is 13.2 Å². The van der Waals surface area contributed by atoms with E-state index in [1.807, 2.05) is 4.90 Å². The van der Waals surface area contributed by atoms with E-state index in [1.54, 1.807) is 7.05 Å². The van der Waals surface area contributed by atoms with E-state index in [0.29, 0.717) is 37.3 Å². The van der Waals surface area contributed by atoms with E-state index in [0.717, 1.165) is 17.0 Å². The Hall–Kier alpha value is -2.99. The molecule has 0 amide bonds. The maximum absolute atomic E-state index is 15.6. The number of rotatable bonds is 10. The van der Waals surface area contributed by atoms with Crippen LogP contribution in [0.1, 0.15) is 36.1 Å². The fraction of sp³-hybridized carbons (Fsp3) is 0.500.